The van der Waals surface area contributed by atoms with E-state index in [-0.39, 0.29) is 46.9 Å². The van der Waals surface area contributed by atoms with Gasteiger partial charge >= 0.3 is 0 Å². The van der Waals surface area contributed by atoms with E-state index < -0.39 is 9.84 Å². The van der Waals surface area contributed by atoms with E-state index in [0.29, 0.717) is 30.2 Å². The first-order valence-corrected chi connectivity index (χ1v) is 11.9. The van der Waals surface area contributed by atoms with Crippen molar-refractivity contribution in [3.8, 4) is 11.5 Å². The summed E-state index contributed by atoms with van der Waals surface area (Å²) in [4.78, 5) is 26.0. The van der Waals surface area contributed by atoms with Gasteiger partial charge in [-0.25, -0.2) is 8.42 Å². The van der Waals surface area contributed by atoms with Crippen molar-refractivity contribution in [2.75, 3.05) is 30.3 Å². The summed E-state index contributed by atoms with van der Waals surface area (Å²) in [6.45, 7) is 3.76. The van der Waals surface area contributed by atoms with Crippen LogP contribution >= 0.6 is 11.8 Å². The minimum atomic E-state index is -3.08. The molecular weight excluding hydrogens is 420 g/mol. The van der Waals surface area contributed by atoms with Crippen molar-refractivity contribution < 1.29 is 26.8 Å². The smallest absolute Gasteiger partial charge is 0.277 e. The molecule has 1 unspecified atom stereocenters. The Morgan fingerprint density at radius 3 is 2.79 bits per heavy atom. The molecule has 12 heteroatoms. The van der Waals surface area contributed by atoms with Gasteiger partial charge in [0.05, 0.1) is 35.6 Å². The summed E-state index contributed by atoms with van der Waals surface area (Å²) in [5.41, 5.74) is 0.691. The van der Waals surface area contributed by atoms with Crippen molar-refractivity contribution in [2.24, 2.45) is 0 Å². The van der Waals surface area contributed by atoms with E-state index >= 15 is 0 Å². The number of furan rings is 1. The van der Waals surface area contributed by atoms with E-state index in [1.165, 1.54) is 11.2 Å². The average Bonchev–Trinajstić information content (AvgIpc) is 3.37. The van der Waals surface area contributed by atoms with Crippen LogP contribution in [0.5, 0.6) is 0 Å². The molecule has 1 aliphatic rings. The maximum Gasteiger partial charge on any atom is 0.277 e. The van der Waals surface area contributed by atoms with Crippen LogP contribution in [-0.2, 0) is 19.4 Å². The van der Waals surface area contributed by atoms with Crippen molar-refractivity contribution in [3.05, 3.63) is 18.1 Å². The van der Waals surface area contributed by atoms with Crippen molar-refractivity contribution >= 4 is 33.4 Å². The molecular formula is C17H22N4O6S2. The van der Waals surface area contributed by atoms with Gasteiger partial charge in [-0.1, -0.05) is 11.8 Å². The summed E-state index contributed by atoms with van der Waals surface area (Å²) in [5.74, 6) is 0.391. The van der Waals surface area contributed by atoms with Gasteiger partial charge in [0, 0.05) is 12.6 Å². The zero-order valence-electron chi connectivity index (χ0n) is 16.1. The molecule has 158 valence electrons. The maximum absolute atomic E-state index is 12.4. The SMILES string of the molecule is CCN(CC(=O)NC1CCS(=O)(=O)C1)C(=O)CSc1nnc(-c2ccoc2C)o1. The fraction of sp³-hybridized carbons (Fsp3) is 0.529. The van der Waals surface area contributed by atoms with Gasteiger partial charge in [-0.2, -0.15) is 0 Å². The minimum Gasteiger partial charge on any atom is -0.469 e. The molecule has 0 bridgehead atoms. The Morgan fingerprint density at radius 2 is 2.17 bits per heavy atom. The Labute approximate surface area is 172 Å². The molecule has 1 saturated heterocycles. The monoisotopic (exact) mass is 442 g/mol. The Hall–Kier alpha value is -2.34. The normalized spacial score (nSPS) is 17.9. The Kier molecular flexibility index (Phi) is 6.63. The van der Waals surface area contributed by atoms with Gasteiger partial charge in [0.15, 0.2) is 9.84 Å². The van der Waals surface area contributed by atoms with Crippen molar-refractivity contribution in [1.82, 2.24) is 20.4 Å². The third kappa shape index (κ3) is 5.60. The van der Waals surface area contributed by atoms with Crippen LogP contribution in [0.25, 0.3) is 11.5 Å². The number of hydrogen-bond donors (Lipinski definition) is 1. The van der Waals surface area contributed by atoms with Gasteiger partial charge in [-0.3, -0.25) is 9.59 Å². The van der Waals surface area contributed by atoms with E-state index in [4.69, 9.17) is 8.83 Å². The number of aromatic nitrogens is 2. The van der Waals surface area contributed by atoms with E-state index in [1.807, 2.05) is 0 Å². The molecule has 0 saturated carbocycles. The first-order valence-electron chi connectivity index (χ1n) is 9.05. The molecule has 2 aromatic rings. The topological polar surface area (TPSA) is 136 Å². The summed E-state index contributed by atoms with van der Waals surface area (Å²) in [6, 6.07) is 1.33. The van der Waals surface area contributed by atoms with Crippen LogP contribution in [0.2, 0.25) is 0 Å². The van der Waals surface area contributed by atoms with Crippen molar-refractivity contribution in [2.45, 2.75) is 31.5 Å². The van der Waals surface area contributed by atoms with Gasteiger partial charge in [0.25, 0.3) is 11.1 Å². The molecule has 1 atom stereocenters. The van der Waals surface area contributed by atoms with Gasteiger partial charge in [-0.05, 0) is 26.3 Å². The van der Waals surface area contributed by atoms with Crippen LogP contribution in [0, 0.1) is 6.92 Å². The lowest BCUT2D eigenvalue weighted by Gasteiger charge is -2.21. The third-order valence-electron chi connectivity index (χ3n) is 4.48. The van der Waals surface area contributed by atoms with Crippen LogP contribution in [0.3, 0.4) is 0 Å². The molecule has 2 amide bonds. The Bertz CT molecular complexity index is 984. The standard InChI is InChI=1S/C17H22N4O6S2/c1-3-21(8-14(22)18-12-5-7-29(24,25)10-12)15(23)9-28-17-20-19-16(27-17)13-4-6-26-11(13)2/h4,6,12H,3,5,7-10H2,1-2H3,(H,18,22). The van der Waals surface area contributed by atoms with Crippen LogP contribution in [-0.4, -0.2) is 71.7 Å². The molecule has 29 heavy (non-hydrogen) atoms. The number of rotatable bonds is 8. The largest absolute Gasteiger partial charge is 0.469 e. The van der Waals surface area contributed by atoms with Crippen LogP contribution in [0.4, 0.5) is 0 Å². The maximum atomic E-state index is 12.4. The number of likely N-dealkylation sites (N-methyl/N-ethyl adjacent to an activating group) is 1. The van der Waals surface area contributed by atoms with E-state index in [0.717, 1.165) is 11.8 Å². The fourth-order valence-electron chi connectivity index (χ4n) is 2.93. The number of thioether (sulfide) groups is 1. The van der Waals surface area contributed by atoms with Crippen molar-refractivity contribution in [1.29, 1.82) is 0 Å². The number of carbonyl (C=O) groups is 2. The Morgan fingerprint density at radius 1 is 1.38 bits per heavy atom. The predicted octanol–water partition coefficient (Wildman–Crippen LogP) is 0.882. The zero-order chi connectivity index (χ0) is 21.0. The van der Waals surface area contributed by atoms with Crippen LogP contribution in [0.15, 0.2) is 26.4 Å². The molecule has 1 N–H and O–H groups in total. The van der Waals surface area contributed by atoms with Crippen LogP contribution < -0.4 is 5.32 Å². The lowest BCUT2D eigenvalue weighted by atomic mass is 10.2. The second-order valence-corrected chi connectivity index (χ2v) is 9.78. The summed E-state index contributed by atoms with van der Waals surface area (Å²) < 4.78 is 33.7. The number of sulfone groups is 1. The molecule has 10 nitrogen and oxygen atoms in total. The molecule has 1 aliphatic heterocycles. The number of carbonyl (C=O) groups excluding carboxylic acids is 2. The lowest BCUT2D eigenvalue weighted by molar-refractivity contribution is -0.134. The number of hydrogen-bond acceptors (Lipinski definition) is 9. The number of nitrogens with one attached hydrogen (secondary N) is 1. The van der Waals surface area contributed by atoms with Crippen molar-refractivity contribution in [3.63, 3.8) is 0 Å². The molecule has 0 aliphatic carbocycles. The van der Waals surface area contributed by atoms with Gasteiger partial charge in [0.1, 0.15) is 5.76 Å². The molecule has 0 radical (unpaired) electrons. The molecule has 2 aromatic heterocycles. The summed E-state index contributed by atoms with van der Waals surface area (Å²) in [6.07, 6.45) is 1.93. The average molecular weight is 443 g/mol. The lowest BCUT2D eigenvalue weighted by Crippen LogP contribution is -2.45. The predicted molar refractivity (Wildman–Crippen MR) is 105 cm³/mol. The third-order valence-corrected chi connectivity index (χ3v) is 7.05. The zero-order valence-corrected chi connectivity index (χ0v) is 17.7. The summed E-state index contributed by atoms with van der Waals surface area (Å²) in [5, 5.41) is 10.8. The molecule has 0 spiro atoms. The minimum absolute atomic E-state index is 0.0327. The fourth-order valence-corrected chi connectivity index (χ4v) is 5.27. The molecule has 3 rings (SSSR count). The summed E-state index contributed by atoms with van der Waals surface area (Å²) >= 11 is 1.08. The Balaban J connectivity index is 1.49. The number of nitrogens with zero attached hydrogens (tertiary/aromatic N) is 3. The highest BCUT2D eigenvalue weighted by Crippen LogP contribution is 2.26. The van der Waals surface area contributed by atoms with Gasteiger partial charge < -0.3 is 19.1 Å². The first-order chi connectivity index (χ1) is 13.8. The highest BCUT2D eigenvalue weighted by atomic mass is 32.2. The molecule has 3 heterocycles. The van der Waals surface area contributed by atoms with E-state index in [9.17, 15) is 18.0 Å². The second-order valence-electron chi connectivity index (χ2n) is 6.63. The van der Waals surface area contributed by atoms with Crippen LogP contribution in [0.1, 0.15) is 19.1 Å². The van der Waals surface area contributed by atoms with E-state index in [2.05, 4.69) is 15.5 Å². The second kappa shape index (κ2) is 8.99. The van der Waals surface area contributed by atoms with Gasteiger partial charge in [-0.15, -0.1) is 10.2 Å². The summed E-state index contributed by atoms with van der Waals surface area (Å²) in [7, 11) is -3.08. The van der Waals surface area contributed by atoms with E-state index in [1.54, 1.807) is 19.9 Å². The van der Waals surface area contributed by atoms with Gasteiger partial charge in [0.2, 0.25) is 11.8 Å². The molecule has 1 fully saturated rings. The number of aryl methyl sites for hydroxylation is 1. The first kappa shape index (κ1) is 21.4. The highest BCUT2D eigenvalue weighted by Gasteiger charge is 2.29. The highest BCUT2D eigenvalue weighted by molar-refractivity contribution is 7.99. The quantitative estimate of drug-likeness (QED) is 0.591. The number of amides is 2. The molecule has 0 aromatic carbocycles.